The Bertz CT molecular complexity index is 491. The van der Waals surface area contributed by atoms with E-state index in [2.05, 4.69) is 9.88 Å². The minimum absolute atomic E-state index is 0. The van der Waals surface area contributed by atoms with E-state index in [1.165, 1.54) is 32.4 Å². The summed E-state index contributed by atoms with van der Waals surface area (Å²) in [7, 11) is 0. The summed E-state index contributed by atoms with van der Waals surface area (Å²) in [6, 6.07) is 4.21. The van der Waals surface area contributed by atoms with Crippen LogP contribution in [0.15, 0.2) is 18.3 Å². The van der Waals surface area contributed by atoms with Crippen molar-refractivity contribution in [3.63, 3.8) is 0 Å². The number of carbonyl (C=O) groups is 1. The van der Waals surface area contributed by atoms with Gasteiger partial charge in [0.1, 0.15) is 0 Å². The highest BCUT2D eigenvalue weighted by molar-refractivity contribution is 5.85. The van der Waals surface area contributed by atoms with Gasteiger partial charge >= 0.3 is 0 Å². The number of nitrogens with zero attached hydrogens (tertiary/aromatic N) is 3. The van der Waals surface area contributed by atoms with E-state index in [-0.39, 0.29) is 30.7 Å². The summed E-state index contributed by atoms with van der Waals surface area (Å²) < 4.78 is 0. The second-order valence-corrected chi connectivity index (χ2v) is 6.14. The van der Waals surface area contributed by atoms with Crippen molar-refractivity contribution in [3.05, 3.63) is 24.0 Å². The molecule has 5 nitrogen and oxygen atoms in total. The Balaban J connectivity index is 0.00000132. The maximum atomic E-state index is 12.4. The monoisotopic (exact) mass is 360 g/mol. The largest absolute Gasteiger partial charge is 0.397 e. The van der Waals surface area contributed by atoms with E-state index in [0.29, 0.717) is 18.2 Å². The Hall–Kier alpha value is -1.04. The summed E-state index contributed by atoms with van der Waals surface area (Å²) in [5.74, 6) is 0.191. The van der Waals surface area contributed by atoms with Crippen LogP contribution < -0.4 is 5.73 Å². The van der Waals surface area contributed by atoms with Crippen LogP contribution in [-0.2, 0) is 11.2 Å². The third-order valence-corrected chi connectivity index (χ3v) is 4.59. The molecule has 0 aromatic carbocycles. The molecule has 23 heavy (non-hydrogen) atoms. The van der Waals surface area contributed by atoms with Crippen molar-refractivity contribution < 1.29 is 4.79 Å². The lowest BCUT2D eigenvalue weighted by Gasteiger charge is -2.37. The van der Waals surface area contributed by atoms with Crippen molar-refractivity contribution in [2.45, 2.75) is 38.1 Å². The molecule has 1 amide bonds. The van der Waals surface area contributed by atoms with E-state index in [9.17, 15) is 4.79 Å². The highest BCUT2D eigenvalue weighted by Gasteiger charge is 2.29. The van der Waals surface area contributed by atoms with Crippen molar-refractivity contribution in [2.24, 2.45) is 0 Å². The summed E-state index contributed by atoms with van der Waals surface area (Å²) in [5, 5.41) is 0. The molecule has 0 saturated carbocycles. The average molecular weight is 361 g/mol. The highest BCUT2D eigenvalue weighted by Crippen LogP contribution is 2.21. The molecule has 3 heterocycles. The number of amides is 1. The number of pyridine rings is 1. The number of likely N-dealkylation sites (tertiary alicyclic amines) is 2. The predicted molar refractivity (Wildman–Crippen MR) is 97.3 cm³/mol. The smallest absolute Gasteiger partial charge is 0.228 e. The Morgan fingerprint density at radius 1 is 1.17 bits per heavy atom. The summed E-state index contributed by atoms with van der Waals surface area (Å²) in [6.45, 7) is 4.17. The molecule has 0 spiro atoms. The van der Waals surface area contributed by atoms with Crippen LogP contribution in [0.5, 0.6) is 0 Å². The van der Waals surface area contributed by atoms with Crippen LogP contribution in [0.3, 0.4) is 0 Å². The van der Waals surface area contributed by atoms with Gasteiger partial charge in [-0.25, -0.2) is 0 Å². The van der Waals surface area contributed by atoms with Gasteiger partial charge in [0, 0.05) is 24.8 Å². The topological polar surface area (TPSA) is 62.5 Å². The molecule has 0 bridgehead atoms. The summed E-state index contributed by atoms with van der Waals surface area (Å²) in [6.07, 6.45) is 6.95. The first kappa shape index (κ1) is 20.0. The lowest BCUT2D eigenvalue weighted by Crippen LogP contribution is -2.49. The molecule has 1 aromatic rings. The Morgan fingerprint density at radius 3 is 2.57 bits per heavy atom. The third-order valence-electron chi connectivity index (χ3n) is 4.59. The first-order valence-corrected chi connectivity index (χ1v) is 7.94. The van der Waals surface area contributed by atoms with E-state index in [1.54, 1.807) is 12.3 Å². The van der Waals surface area contributed by atoms with Crippen LogP contribution in [0.1, 0.15) is 31.4 Å². The molecule has 2 aliphatic heterocycles. The molecule has 2 N–H and O–H groups in total. The Kier molecular flexibility index (Phi) is 8.09. The maximum Gasteiger partial charge on any atom is 0.228 e. The molecule has 1 atom stereocenters. The third kappa shape index (κ3) is 5.23. The van der Waals surface area contributed by atoms with Crippen LogP contribution in [0.25, 0.3) is 0 Å². The molecular weight excluding hydrogens is 335 g/mol. The fourth-order valence-corrected chi connectivity index (χ4v) is 3.39. The van der Waals surface area contributed by atoms with E-state index in [0.717, 1.165) is 25.2 Å². The van der Waals surface area contributed by atoms with Gasteiger partial charge in [0.05, 0.1) is 18.3 Å². The fraction of sp³-hybridized carbons (Fsp3) is 0.625. The lowest BCUT2D eigenvalue weighted by atomic mass is 10.0. The Labute approximate surface area is 150 Å². The fourth-order valence-electron chi connectivity index (χ4n) is 3.39. The minimum Gasteiger partial charge on any atom is -0.397 e. The second-order valence-electron chi connectivity index (χ2n) is 6.14. The zero-order valence-corrected chi connectivity index (χ0v) is 15.0. The van der Waals surface area contributed by atoms with Crippen molar-refractivity contribution in [3.8, 4) is 0 Å². The number of carbonyl (C=O) groups excluding carboxylic acids is 1. The number of nitrogens with two attached hydrogens (primary N) is 1. The van der Waals surface area contributed by atoms with Crippen LogP contribution >= 0.6 is 24.8 Å². The number of halogens is 2. The normalized spacial score (nSPS) is 21.4. The van der Waals surface area contributed by atoms with E-state index in [1.807, 2.05) is 11.0 Å². The van der Waals surface area contributed by atoms with Gasteiger partial charge in [-0.05, 0) is 50.9 Å². The van der Waals surface area contributed by atoms with Crippen LogP contribution in [0, 0.1) is 0 Å². The molecule has 1 aromatic heterocycles. The number of aromatic nitrogens is 1. The number of hydrogen-bond acceptors (Lipinski definition) is 4. The van der Waals surface area contributed by atoms with Gasteiger partial charge in [0.15, 0.2) is 0 Å². The van der Waals surface area contributed by atoms with Gasteiger partial charge in [0.2, 0.25) is 5.91 Å². The molecule has 2 saturated heterocycles. The quantitative estimate of drug-likeness (QED) is 0.896. The number of nitrogen functional groups attached to an aromatic ring is 1. The number of hydrogen-bond donors (Lipinski definition) is 1. The van der Waals surface area contributed by atoms with Gasteiger partial charge in [-0.1, -0.05) is 0 Å². The Morgan fingerprint density at radius 2 is 1.91 bits per heavy atom. The number of rotatable bonds is 3. The van der Waals surface area contributed by atoms with Gasteiger partial charge in [0.25, 0.3) is 0 Å². The van der Waals surface area contributed by atoms with E-state index >= 15 is 0 Å². The summed E-state index contributed by atoms with van der Waals surface area (Å²) in [4.78, 5) is 21.3. The van der Waals surface area contributed by atoms with Gasteiger partial charge < -0.3 is 10.6 Å². The number of anilines is 1. The highest BCUT2D eigenvalue weighted by atomic mass is 35.5. The van der Waals surface area contributed by atoms with Crippen molar-refractivity contribution in [2.75, 3.05) is 31.9 Å². The zero-order chi connectivity index (χ0) is 14.7. The van der Waals surface area contributed by atoms with Crippen LogP contribution in [-0.4, -0.2) is 52.9 Å². The van der Waals surface area contributed by atoms with Crippen LogP contribution in [0.2, 0.25) is 0 Å². The van der Waals surface area contributed by atoms with E-state index in [4.69, 9.17) is 5.73 Å². The summed E-state index contributed by atoms with van der Waals surface area (Å²) in [5.41, 5.74) is 7.07. The first-order chi connectivity index (χ1) is 10.2. The van der Waals surface area contributed by atoms with Crippen molar-refractivity contribution in [1.29, 1.82) is 0 Å². The molecule has 2 fully saturated rings. The molecule has 7 heteroatoms. The van der Waals surface area contributed by atoms with E-state index < -0.39 is 0 Å². The van der Waals surface area contributed by atoms with Crippen molar-refractivity contribution in [1.82, 2.24) is 14.8 Å². The molecular formula is C16H26Cl2N4O. The van der Waals surface area contributed by atoms with Gasteiger partial charge in [-0.3, -0.25) is 14.7 Å². The lowest BCUT2D eigenvalue weighted by molar-refractivity contribution is -0.132. The summed E-state index contributed by atoms with van der Waals surface area (Å²) >= 11 is 0. The zero-order valence-electron chi connectivity index (χ0n) is 13.3. The van der Waals surface area contributed by atoms with Crippen LogP contribution in [0.4, 0.5) is 5.69 Å². The average Bonchev–Trinajstić information content (AvgIpc) is 3.04. The molecule has 0 aliphatic carbocycles. The maximum absolute atomic E-state index is 12.4. The molecule has 1 unspecified atom stereocenters. The predicted octanol–water partition coefficient (Wildman–Crippen LogP) is 2.14. The van der Waals surface area contributed by atoms with Crippen molar-refractivity contribution >= 4 is 36.4 Å². The molecule has 0 radical (unpaired) electrons. The minimum atomic E-state index is 0. The standard InChI is InChI=1S/C16H24N4O.2ClH/c17-13-5-6-14(18-11-13)10-16(21)20-9-3-4-15(12-20)19-7-1-2-8-19;;/h5-6,11,15H,1-4,7-10,12,17H2;2*1H. The molecule has 130 valence electrons. The first-order valence-electron chi connectivity index (χ1n) is 7.94. The SMILES string of the molecule is Cl.Cl.Nc1ccc(CC(=O)N2CCCC(N3CCCC3)C2)nc1. The molecule has 3 rings (SSSR count). The molecule has 2 aliphatic rings. The van der Waals surface area contributed by atoms with Gasteiger partial charge in [-0.15, -0.1) is 24.8 Å². The van der Waals surface area contributed by atoms with Gasteiger partial charge in [-0.2, -0.15) is 0 Å². The number of piperidine rings is 1. The second kappa shape index (κ2) is 9.30.